The molecule has 0 unspecified atom stereocenters. The molecule has 0 radical (unpaired) electrons. The van der Waals surface area contributed by atoms with E-state index in [0.717, 1.165) is 16.6 Å². The van der Waals surface area contributed by atoms with Crippen LogP contribution < -0.4 is 14.8 Å². The molecule has 1 amide bonds. The number of ether oxygens (including phenoxy) is 3. The minimum absolute atomic E-state index is 0.00714. The fraction of sp³-hybridized carbons (Fsp3) is 0.348. The second-order valence-corrected chi connectivity index (χ2v) is 8.14. The largest absolute Gasteiger partial charge is 0.496 e. The number of methoxy groups -OCH3 is 2. The van der Waals surface area contributed by atoms with Crippen LogP contribution in [0.3, 0.4) is 0 Å². The van der Waals surface area contributed by atoms with Gasteiger partial charge in [0.2, 0.25) is 0 Å². The Morgan fingerprint density at radius 3 is 2.38 bits per heavy atom. The Morgan fingerprint density at radius 1 is 1.12 bits per heavy atom. The number of carbonyl (C=O) groups excluding carboxylic acids is 2. The molecule has 0 spiro atoms. The van der Waals surface area contributed by atoms with Crippen LogP contribution >= 0.6 is 11.6 Å². The van der Waals surface area contributed by atoms with Gasteiger partial charge in [-0.15, -0.1) is 11.6 Å². The lowest BCUT2D eigenvalue weighted by atomic mass is 10.0. The van der Waals surface area contributed by atoms with Crippen molar-refractivity contribution in [3.05, 3.63) is 42.1 Å². The molecule has 0 saturated heterocycles. The minimum Gasteiger partial charge on any atom is -0.496 e. The zero-order chi connectivity index (χ0) is 23.5. The first kappa shape index (κ1) is 23.4. The first-order valence-electron chi connectivity index (χ1n) is 9.93. The molecule has 0 aliphatic heterocycles. The maximum Gasteiger partial charge on any atom is 0.320 e. The van der Waals surface area contributed by atoms with E-state index in [-0.39, 0.29) is 24.1 Å². The number of hydrogen-bond donors (Lipinski definition) is 1. The highest BCUT2D eigenvalue weighted by Gasteiger charge is 2.26. The van der Waals surface area contributed by atoms with Crippen LogP contribution in [-0.2, 0) is 16.6 Å². The molecule has 1 aromatic heterocycles. The molecular weight excluding hydrogens is 434 g/mol. The van der Waals surface area contributed by atoms with Gasteiger partial charge < -0.3 is 19.5 Å². The Kier molecular flexibility index (Phi) is 6.93. The quantitative estimate of drug-likeness (QED) is 0.409. The van der Waals surface area contributed by atoms with Crippen molar-refractivity contribution in [2.45, 2.75) is 19.4 Å². The van der Waals surface area contributed by atoms with Gasteiger partial charge in [0.05, 0.1) is 30.8 Å². The van der Waals surface area contributed by atoms with Gasteiger partial charge in [-0.05, 0) is 43.7 Å². The van der Waals surface area contributed by atoms with Gasteiger partial charge in [0.25, 0.3) is 5.91 Å². The van der Waals surface area contributed by atoms with E-state index in [1.165, 1.54) is 0 Å². The number of fused-ring (bicyclic) bond motifs is 1. The van der Waals surface area contributed by atoms with Crippen molar-refractivity contribution in [2.24, 2.45) is 7.05 Å². The number of aryl methyl sites for hydroxylation is 1. The van der Waals surface area contributed by atoms with Crippen molar-refractivity contribution < 1.29 is 23.8 Å². The fourth-order valence-electron chi connectivity index (χ4n) is 3.42. The summed E-state index contributed by atoms with van der Waals surface area (Å²) in [6.07, 6.45) is 0. The van der Waals surface area contributed by atoms with Gasteiger partial charge in [0.15, 0.2) is 5.69 Å². The molecule has 3 rings (SSSR count). The molecule has 1 heterocycles. The summed E-state index contributed by atoms with van der Waals surface area (Å²) in [6, 6.07) is 11.3. The van der Waals surface area contributed by atoms with Crippen molar-refractivity contribution in [3.8, 4) is 22.6 Å². The summed E-state index contributed by atoms with van der Waals surface area (Å²) < 4.78 is 17.7. The van der Waals surface area contributed by atoms with Crippen LogP contribution in [0.15, 0.2) is 36.4 Å². The number of aromatic nitrogens is 2. The van der Waals surface area contributed by atoms with Gasteiger partial charge in [-0.25, -0.2) is 0 Å². The van der Waals surface area contributed by atoms with E-state index in [1.807, 2.05) is 36.4 Å². The number of esters is 1. The molecule has 32 heavy (non-hydrogen) atoms. The molecule has 0 saturated carbocycles. The third kappa shape index (κ3) is 4.80. The zero-order valence-corrected chi connectivity index (χ0v) is 19.4. The first-order valence-corrected chi connectivity index (χ1v) is 10.5. The number of amides is 1. The van der Waals surface area contributed by atoms with Crippen LogP contribution in [0, 0.1) is 0 Å². The highest BCUT2D eigenvalue weighted by molar-refractivity contribution is 6.26. The third-order valence-corrected chi connectivity index (χ3v) is 5.16. The van der Waals surface area contributed by atoms with Crippen LogP contribution in [-0.4, -0.2) is 53.9 Å². The van der Waals surface area contributed by atoms with Gasteiger partial charge in [0, 0.05) is 12.4 Å². The smallest absolute Gasteiger partial charge is 0.320 e. The summed E-state index contributed by atoms with van der Waals surface area (Å²) in [5, 5.41) is 7.97. The summed E-state index contributed by atoms with van der Waals surface area (Å²) in [6.45, 7) is 3.50. The maximum absolute atomic E-state index is 13.0. The van der Waals surface area contributed by atoms with Crippen molar-refractivity contribution in [2.75, 3.05) is 26.7 Å². The number of benzene rings is 2. The fourth-order valence-corrected chi connectivity index (χ4v) is 3.50. The van der Waals surface area contributed by atoms with Crippen LogP contribution in [0.5, 0.6) is 11.5 Å². The van der Waals surface area contributed by atoms with Crippen LogP contribution in [0.25, 0.3) is 22.0 Å². The highest BCUT2D eigenvalue weighted by Crippen LogP contribution is 2.39. The second-order valence-electron chi connectivity index (χ2n) is 7.87. The Bertz CT molecular complexity index is 1130. The standard InChI is InChI=1S/C23H26ClN3O5/c1-23(2,13-32-19(28)12-24)25-22(29)21-15-10-9-14(11-16(15)27(3)26-21)20-17(30-4)7-6-8-18(20)31-5/h6-11H,12-13H2,1-5H3,(H,25,29). The van der Waals surface area contributed by atoms with Gasteiger partial charge in [0.1, 0.15) is 24.0 Å². The second kappa shape index (κ2) is 9.48. The van der Waals surface area contributed by atoms with Crippen LogP contribution in [0.4, 0.5) is 0 Å². The maximum atomic E-state index is 13.0. The predicted molar refractivity (Wildman–Crippen MR) is 122 cm³/mol. The molecule has 0 atom stereocenters. The van der Waals surface area contributed by atoms with Crippen LogP contribution in [0.1, 0.15) is 24.3 Å². The summed E-state index contributed by atoms with van der Waals surface area (Å²) in [7, 11) is 4.99. The Balaban J connectivity index is 1.95. The SMILES string of the molecule is COc1cccc(OC)c1-c1ccc2c(C(=O)NC(C)(C)COC(=O)CCl)nn(C)c2c1. The molecule has 170 valence electrons. The number of alkyl halides is 1. The van der Waals surface area contributed by atoms with E-state index >= 15 is 0 Å². The molecule has 9 heteroatoms. The summed E-state index contributed by atoms with van der Waals surface area (Å²) in [4.78, 5) is 24.3. The van der Waals surface area contributed by atoms with Crippen molar-refractivity contribution in [3.63, 3.8) is 0 Å². The molecule has 0 bridgehead atoms. The van der Waals surface area contributed by atoms with Crippen molar-refractivity contribution in [1.29, 1.82) is 0 Å². The normalized spacial score (nSPS) is 11.3. The molecule has 0 aliphatic carbocycles. The number of nitrogens with one attached hydrogen (secondary N) is 1. The molecule has 0 fully saturated rings. The first-order chi connectivity index (χ1) is 15.2. The van der Waals surface area contributed by atoms with Gasteiger partial charge in [-0.3, -0.25) is 14.3 Å². The zero-order valence-electron chi connectivity index (χ0n) is 18.7. The van der Waals surface area contributed by atoms with E-state index in [1.54, 1.807) is 39.8 Å². The third-order valence-electron chi connectivity index (χ3n) is 4.94. The average Bonchev–Trinajstić information content (AvgIpc) is 3.12. The van der Waals surface area contributed by atoms with Crippen molar-refractivity contribution >= 4 is 34.4 Å². The van der Waals surface area contributed by atoms with E-state index in [4.69, 9.17) is 25.8 Å². The number of halogens is 1. The predicted octanol–water partition coefficient (Wildman–Crippen LogP) is 3.55. The number of nitrogens with zero attached hydrogens (tertiary/aromatic N) is 2. The van der Waals surface area contributed by atoms with E-state index < -0.39 is 11.5 Å². The van der Waals surface area contributed by atoms with Crippen LogP contribution in [0.2, 0.25) is 0 Å². The van der Waals surface area contributed by atoms with E-state index in [9.17, 15) is 9.59 Å². The summed E-state index contributed by atoms with van der Waals surface area (Å²) in [5.41, 5.74) is 1.93. The highest BCUT2D eigenvalue weighted by atomic mass is 35.5. The summed E-state index contributed by atoms with van der Waals surface area (Å²) in [5.74, 6) is 0.199. The van der Waals surface area contributed by atoms with E-state index in [2.05, 4.69) is 10.4 Å². The lowest BCUT2D eigenvalue weighted by Crippen LogP contribution is -2.47. The Labute approximate surface area is 191 Å². The molecule has 3 aromatic rings. The van der Waals surface area contributed by atoms with Gasteiger partial charge in [-0.1, -0.05) is 12.1 Å². The topological polar surface area (TPSA) is 91.7 Å². The number of carbonyl (C=O) groups is 2. The summed E-state index contributed by atoms with van der Waals surface area (Å²) >= 11 is 5.46. The number of rotatable bonds is 8. The Hall–Kier alpha value is -3.26. The minimum atomic E-state index is -0.798. The average molecular weight is 460 g/mol. The molecule has 1 N–H and O–H groups in total. The monoisotopic (exact) mass is 459 g/mol. The lowest BCUT2D eigenvalue weighted by molar-refractivity contribution is -0.142. The lowest BCUT2D eigenvalue weighted by Gasteiger charge is -2.25. The number of hydrogen-bond acceptors (Lipinski definition) is 6. The van der Waals surface area contributed by atoms with E-state index in [0.29, 0.717) is 16.9 Å². The molecular formula is C23H26ClN3O5. The van der Waals surface area contributed by atoms with Gasteiger partial charge >= 0.3 is 5.97 Å². The molecule has 2 aromatic carbocycles. The molecule has 8 nitrogen and oxygen atoms in total. The Morgan fingerprint density at radius 2 is 1.78 bits per heavy atom. The molecule has 0 aliphatic rings. The van der Waals surface area contributed by atoms with Gasteiger partial charge in [-0.2, -0.15) is 5.10 Å². The van der Waals surface area contributed by atoms with Crippen molar-refractivity contribution in [1.82, 2.24) is 15.1 Å².